The Morgan fingerprint density at radius 2 is 0.868 bits per heavy atom. The van der Waals surface area contributed by atoms with Gasteiger partial charge in [-0.15, -0.1) is 22.7 Å². The minimum Gasteiger partial charge on any atom is -0.473 e. The van der Waals surface area contributed by atoms with Crippen LogP contribution >= 0.6 is 34.0 Å². The van der Waals surface area contributed by atoms with E-state index in [0.29, 0.717) is 6.61 Å². The second kappa shape index (κ2) is 67.5. The van der Waals surface area contributed by atoms with Gasteiger partial charge in [0, 0.05) is 41.0 Å². The molecule has 0 atom stereocenters. The van der Waals surface area contributed by atoms with Crippen molar-refractivity contribution in [3.63, 3.8) is 0 Å². The van der Waals surface area contributed by atoms with Crippen LogP contribution < -0.4 is 0 Å². The quantitative estimate of drug-likeness (QED) is 0.151. The van der Waals surface area contributed by atoms with Crippen molar-refractivity contribution in [2.24, 2.45) is 35.5 Å². The van der Waals surface area contributed by atoms with Gasteiger partial charge in [-0.3, -0.25) is 14.8 Å². The van der Waals surface area contributed by atoms with Crippen molar-refractivity contribution in [1.82, 2.24) is 9.97 Å². The fraction of sp³-hybridized carbons (Fsp3) is 0.439. The molecule has 0 unspecified atom stereocenters. The number of thiophene rings is 2. The summed E-state index contributed by atoms with van der Waals surface area (Å²) >= 11 is 5.10. The normalized spacial score (nSPS) is 8.68. The molecule has 7 aromatic heterocycles. The van der Waals surface area contributed by atoms with Gasteiger partial charge >= 0.3 is 5.97 Å². The molecule has 0 saturated carbocycles. The van der Waals surface area contributed by atoms with Gasteiger partial charge in [0.15, 0.2) is 0 Å². The smallest absolute Gasteiger partial charge is 0.302 e. The average Bonchev–Trinajstić information content (AvgIpc) is 4.22. The Bertz CT molecular complexity index is 1820. The predicted octanol–water partition coefficient (Wildman–Crippen LogP) is 23.4. The summed E-state index contributed by atoms with van der Waals surface area (Å²) in [5.41, 5.74) is 2.75. The number of hydrogen-bond acceptors (Lipinski definition) is 10. The molecule has 0 aliphatic carbocycles. The van der Waals surface area contributed by atoms with Crippen LogP contribution in [0, 0.1) is 35.5 Å². The average molecular weight is 1100 g/mol. The Morgan fingerprint density at radius 1 is 0.447 bits per heavy atom. The van der Waals surface area contributed by atoms with Gasteiger partial charge in [0.25, 0.3) is 0 Å². The number of aromatic nitrogens is 2. The molecule has 0 saturated heterocycles. The number of esters is 1. The molecule has 0 radical (unpaired) electrons. The van der Waals surface area contributed by atoms with E-state index in [1.807, 2.05) is 115 Å². The number of carbonyl (C=O) groups is 1. The summed E-state index contributed by atoms with van der Waals surface area (Å²) in [4.78, 5) is 17.3. The minimum absolute atomic E-state index is 0.211. The molecule has 9 aromatic rings. The van der Waals surface area contributed by atoms with Gasteiger partial charge in [0.05, 0.1) is 43.4 Å². The summed E-state index contributed by atoms with van der Waals surface area (Å²) in [5.74, 6) is 4.79. The summed E-state index contributed by atoms with van der Waals surface area (Å²) < 4.78 is 20.1. The second-order valence-corrected chi connectivity index (χ2v) is 21.8. The predicted molar refractivity (Wildman–Crippen MR) is 343 cm³/mol. The molecule has 76 heavy (non-hydrogen) atoms. The number of nitrogens with zero attached hydrogens (tertiary/aromatic N) is 2. The first-order valence-electron chi connectivity index (χ1n) is 26.7. The van der Waals surface area contributed by atoms with E-state index < -0.39 is 0 Å². The van der Waals surface area contributed by atoms with Crippen molar-refractivity contribution in [2.75, 3.05) is 6.61 Å². The Labute approximate surface area is 477 Å². The van der Waals surface area contributed by atoms with Crippen LogP contribution in [0.3, 0.4) is 0 Å². The van der Waals surface area contributed by atoms with E-state index in [9.17, 15) is 4.79 Å². The summed E-state index contributed by atoms with van der Waals surface area (Å²) in [5, 5.41) is 10.6. The molecule has 9 rings (SSSR count). The molecule has 0 amide bonds. The van der Waals surface area contributed by atoms with Gasteiger partial charge < -0.3 is 18.0 Å². The highest BCUT2D eigenvalue weighted by Gasteiger charge is 1.90. The highest BCUT2D eigenvalue weighted by molar-refractivity contribution is 7.17. The Morgan fingerprint density at radius 3 is 1.12 bits per heavy atom. The van der Waals surface area contributed by atoms with E-state index in [0.717, 1.165) is 46.5 Å². The lowest BCUT2D eigenvalue weighted by Gasteiger charge is -1.89. The van der Waals surface area contributed by atoms with Crippen molar-refractivity contribution < 1.29 is 22.8 Å². The number of furan rings is 3. The first-order chi connectivity index (χ1) is 36.1. The third kappa shape index (κ3) is 94.4. The number of para-hydroxylation sites is 1. The zero-order chi connectivity index (χ0) is 59.0. The molecule has 0 aliphatic heterocycles. The Kier molecular flexibility index (Phi) is 72.6. The molecule has 10 heteroatoms. The van der Waals surface area contributed by atoms with Crippen LogP contribution in [0.25, 0.3) is 21.1 Å². The topological polar surface area (TPSA) is 91.5 Å². The maximum absolute atomic E-state index is 9.82. The van der Waals surface area contributed by atoms with Crippen LogP contribution in [0.15, 0.2) is 205 Å². The van der Waals surface area contributed by atoms with Crippen molar-refractivity contribution in [3.8, 4) is 0 Å². The van der Waals surface area contributed by atoms with Crippen LogP contribution in [0.1, 0.15) is 152 Å². The van der Waals surface area contributed by atoms with E-state index in [4.69, 9.17) is 4.42 Å². The lowest BCUT2D eigenvalue weighted by atomic mass is 10.3. The van der Waals surface area contributed by atoms with Crippen molar-refractivity contribution in [3.05, 3.63) is 192 Å². The summed E-state index contributed by atoms with van der Waals surface area (Å²) in [7, 11) is 0. The number of ether oxygens (including phenoxy) is 1. The van der Waals surface area contributed by atoms with Gasteiger partial charge in [-0.2, -0.15) is 11.3 Å². The molecule has 2 aromatic carbocycles. The first-order valence-corrected chi connectivity index (χ1v) is 29.4. The van der Waals surface area contributed by atoms with Crippen molar-refractivity contribution in [2.45, 2.75) is 152 Å². The third-order valence-electron chi connectivity index (χ3n) is 5.26. The number of benzene rings is 2. The zero-order valence-corrected chi connectivity index (χ0v) is 53.8. The highest BCUT2D eigenvalue weighted by atomic mass is 32.1. The summed E-state index contributed by atoms with van der Waals surface area (Å²) in [6.07, 6.45) is 13.5. The maximum Gasteiger partial charge on any atom is 0.302 e. The summed E-state index contributed by atoms with van der Waals surface area (Å²) in [6.45, 7) is 46.7. The summed E-state index contributed by atoms with van der Waals surface area (Å²) in [6, 6.07) is 37.5. The van der Waals surface area contributed by atoms with E-state index in [2.05, 4.69) is 184 Å². The van der Waals surface area contributed by atoms with Gasteiger partial charge in [0.1, 0.15) is 5.58 Å². The molecule has 0 bridgehead atoms. The number of carbonyl (C=O) groups excluding carboxylic acids is 1. The molecular weight excluding hydrogens is 997 g/mol. The van der Waals surface area contributed by atoms with Crippen molar-refractivity contribution >= 4 is 61.0 Å². The fourth-order valence-corrected chi connectivity index (χ4v) is 4.78. The molecule has 0 spiro atoms. The Hall–Kier alpha value is -5.55. The molecule has 7 heterocycles. The fourth-order valence-electron chi connectivity index (χ4n) is 3.18. The molecule has 0 fully saturated rings. The van der Waals surface area contributed by atoms with E-state index in [1.165, 1.54) is 17.0 Å². The number of thiazole rings is 1. The minimum atomic E-state index is -0.211. The van der Waals surface area contributed by atoms with Gasteiger partial charge in [-0.25, -0.2) is 0 Å². The standard InChI is InChI=1S/C8H6O.C8H6S.C5H5N.C4H8O2.2C4H4O.C4H4S.6C4H10.C3H3NS.C2H6/c2*1-2-4-8-7(3-1)5-6-9-8;1-2-4-6-5-3-1;1-3-6-4(2)5;3*1-2-4-5-3-1;6*1-4(2)3;1-2-5-3-4-1;1-2/h2*1-6H;1-5H;3H2,1-2H3;3*1-4H;6*4H,1-3H3;1-3H;1-2H3. The van der Waals surface area contributed by atoms with Gasteiger partial charge in [0.2, 0.25) is 0 Å². The molecule has 0 aliphatic rings. The number of hydrogen-bond donors (Lipinski definition) is 0. The zero-order valence-electron chi connectivity index (χ0n) is 51.3. The van der Waals surface area contributed by atoms with Crippen LogP contribution in [-0.4, -0.2) is 22.5 Å². The van der Waals surface area contributed by atoms with Gasteiger partial charge in [-0.1, -0.05) is 193 Å². The third-order valence-corrected chi connectivity index (χ3v) is 7.31. The number of pyridine rings is 1. The molecule has 7 nitrogen and oxygen atoms in total. The number of rotatable bonds is 1. The lowest BCUT2D eigenvalue weighted by molar-refractivity contribution is -0.140. The lowest BCUT2D eigenvalue weighted by Crippen LogP contribution is -1.95. The maximum atomic E-state index is 9.82. The van der Waals surface area contributed by atoms with E-state index in [-0.39, 0.29) is 5.97 Å². The van der Waals surface area contributed by atoms with Crippen LogP contribution in [0.4, 0.5) is 0 Å². The number of fused-ring (bicyclic) bond motifs is 2. The largest absolute Gasteiger partial charge is 0.473 e. The van der Waals surface area contributed by atoms with Gasteiger partial charge in [-0.05, 0) is 125 Å². The van der Waals surface area contributed by atoms with E-state index >= 15 is 0 Å². The Balaban J connectivity index is -0.000000175. The molecular formula is C66H106N2O5S3. The first kappa shape index (κ1) is 81.8. The van der Waals surface area contributed by atoms with Crippen LogP contribution in [0.5, 0.6) is 0 Å². The monoisotopic (exact) mass is 1100 g/mol. The van der Waals surface area contributed by atoms with E-state index in [1.54, 1.807) is 96.4 Å². The second-order valence-electron chi connectivity index (χ2n) is 19.3. The molecule has 0 N–H and O–H groups in total. The van der Waals surface area contributed by atoms with Crippen molar-refractivity contribution in [1.29, 1.82) is 0 Å². The van der Waals surface area contributed by atoms with Crippen LogP contribution in [0.2, 0.25) is 0 Å². The molecule has 428 valence electrons. The SMILES string of the molecule is CC.CC(C)C.CC(C)C.CC(C)C.CC(C)C.CC(C)C.CC(C)C.CCOC(C)=O.c1ccc2occc2c1.c1ccc2sccc2c1.c1ccncc1.c1ccoc1.c1ccoc1.c1ccsc1.c1cscn1. The highest BCUT2D eigenvalue weighted by Crippen LogP contribution is 2.19. The van der Waals surface area contributed by atoms with Crippen LogP contribution in [-0.2, 0) is 9.53 Å².